The van der Waals surface area contributed by atoms with Gasteiger partial charge in [-0.3, -0.25) is 32.5 Å². The van der Waals surface area contributed by atoms with Crippen molar-refractivity contribution in [2.75, 3.05) is 39.6 Å². The molecule has 0 saturated carbocycles. The SMILES string of the molecule is CC/C=C\C/C=C\C/C=C\C/C=C\C/C=C\CCCCCCCCCCCCCCCCCC(=O)OCC(O)COP(=O)(O)OCC(O)COP(=O)(O)OCC(COC(=O)CCCCCCC/C=C\C/C=C\C/C=C\C/C=C\CCCCC)OC(=O)CCCCCCC/C=C\C/C=C\CCCCC. The van der Waals surface area contributed by atoms with Gasteiger partial charge in [-0.1, -0.05) is 302 Å². The summed E-state index contributed by atoms with van der Waals surface area (Å²) in [6, 6.07) is 0. The Morgan fingerprint density at radius 2 is 0.515 bits per heavy atom. The molecule has 0 heterocycles. The summed E-state index contributed by atoms with van der Waals surface area (Å²) in [7, 11) is -9.80. The topological polar surface area (TPSA) is 231 Å². The van der Waals surface area contributed by atoms with Crippen LogP contribution in [0.5, 0.6) is 0 Å². The molecule has 103 heavy (non-hydrogen) atoms. The van der Waals surface area contributed by atoms with Gasteiger partial charge in [0.25, 0.3) is 0 Å². The van der Waals surface area contributed by atoms with Crippen LogP contribution in [0.3, 0.4) is 0 Å². The van der Waals surface area contributed by atoms with Gasteiger partial charge in [-0.15, -0.1) is 0 Å². The van der Waals surface area contributed by atoms with E-state index < -0.39 is 91.5 Å². The molecular weight excluding hydrogens is 1340 g/mol. The van der Waals surface area contributed by atoms with Gasteiger partial charge in [0.05, 0.1) is 26.4 Å². The van der Waals surface area contributed by atoms with Crippen LogP contribution in [-0.4, -0.2) is 95.9 Å². The zero-order valence-corrected chi connectivity index (χ0v) is 66.5. The molecule has 0 aliphatic heterocycles. The Balaban J connectivity index is 4.51. The van der Waals surface area contributed by atoms with Crippen molar-refractivity contribution in [2.45, 2.75) is 347 Å². The fourth-order valence-electron chi connectivity index (χ4n) is 10.7. The summed E-state index contributed by atoms with van der Waals surface area (Å²) >= 11 is 0. The maximum atomic E-state index is 13.0. The first-order valence-electron chi connectivity index (χ1n) is 40.5. The van der Waals surface area contributed by atoms with E-state index in [-0.39, 0.29) is 19.3 Å². The molecule has 0 aliphatic rings. The quantitative estimate of drug-likeness (QED) is 0.0146. The molecular formula is C85H146O16P2. The van der Waals surface area contributed by atoms with Gasteiger partial charge in [0.15, 0.2) is 6.10 Å². The number of rotatable bonds is 76. The van der Waals surface area contributed by atoms with E-state index in [2.05, 4.69) is 154 Å². The monoisotopic (exact) mass is 1490 g/mol. The first kappa shape index (κ1) is 98.7. The zero-order chi connectivity index (χ0) is 75.2. The second-order valence-electron chi connectivity index (χ2n) is 26.8. The average molecular weight is 1490 g/mol. The Hall–Kier alpha value is -4.31. The van der Waals surface area contributed by atoms with Crippen molar-refractivity contribution in [3.63, 3.8) is 0 Å². The lowest BCUT2D eigenvalue weighted by Gasteiger charge is -2.21. The van der Waals surface area contributed by atoms with E-state index in [1.54, 1.807) is 0 Å². The Labute approximate surface area is 626 Å². The lowest BCUT2D eigenvalue weighted by Crippen LogP contribution is -2.30. The summed E-state index contributed by atoms with van der Waals surface area (Å²) in [6.07, 6.45) is 93.6. The Bertz CT molecular complexity index is 2410. The van der Waals surface area contributed by atoms with E-state index in [4.69, 9.17) is 32.3 Å². The molecule has 0 bridgehead atoms. The number of carbonyl (C=O) groups excluding carboxylic acids is 3. The van der Waals surface area contributed by atoms with Gasteiger partial charge in [0, 0.05) is 19.3 Å². The van der Waals surface area contributed by atoms with Crippen LogP contribution in [0.4, 0.5) is 0 Å². The second kappa shape index (κ2) is 77.3. The minimum absolute atomic E-state index is 0.0821. The van der Waals surface area contributed by atoms with Crippen molar-refractivity contribution in [3.05, 3.63) is 134 Å². The largest absolute Gasteiger partial charge is 0.472 e. The van der Waals surface area contributed by atoms with Gasteiger partial charge < -0.3 is 34.2 Å². The Kier molecular flexibility index (Phi) is 74.1. The van der Waals surface area contributed by atoms with Gasteiger partial charge in [0.1, 0.15) is 25.4 Å². The van der Waals surface area contributed by atoms with Crippen molar-refractivity contribution in [1.82, 2.24) is 0 Å². The van der Waals surface area contributed by atoms with E-state index in [0.717, 1.165) is 148 Å². The van der Waals surface area contributed by atoms with Gasteiger partial charge in [-0.05, 0) is 141 Å². The van der Waals surface area contributed by atoms with E-state index in [9.17, 15) is 43.5 Å². The lowest BCUT2D eigenvalue weighted by atomic mass is 10.0. The number of phosphoric acid groups is 2. The summed E-state index contributed by atoms with van der Waals surface area (Å²) in [4.78, 5) is 58.7. The molecule has 0 aromatic heterocycles. The first-order valence-corrected chi connectivity index (χ1v) is 43.5. The number of allylic oxidation sites excluding steroid dienone is 22. The molecule has 16 nitrogen and oxygen atoms in total. The zero-order valence-electron chi connectivity index (χ0n) is 64.7. The molecule has 0 aromatic carbocycles. The third-order valence-electron chi connectivity index (χ3n) is 16.8. The summed E-state index contributed by atoms with van der Waals surface area (Å²) in [6.45, 7) is 2.49. The van der Waals surface area contributed by atoms with Crippen LogP contribution >= 0.6 is 15.6 Å². The average Bonchev–Trinajstić information content (AvgIpc) is 0.922. The van der Waals surface area contributed by atoms with E-state index in [1.807, 2.05) is 0 Å². The molecule has 0 aromatic rings. The van der Waals surface area contributed by atoms with Crippen molar-refractivity contribution in [3.8, 4) is 0 Å². The number of phosphoric ester groups is 2. The molecule has 0 amide bonds. The highest BCUT2D eigenvalue weighted by Gasteiger charge is 2.29. The van der Waals surface area contributed by atoms with Crippen LogP contribution in [0, 0.1) is 0 Å². The Morgan fingerprint density at radius 3 is 0.816 bits per heavy atom. The van der Waals surface area contributed by atoms with Crippen molar-refractivity contribution in [2.24, 2.45) is 0 Å². The molecule has 5 atom stereocenters. The van der Waals surface area contributed by atoms with Crippen molar-refractivity contribution in [1.29, 1.82) is 0 Å². The lowest BCUT2D eigenvalue weighted by molar-refractivity contribution is -0.161. The van der Waals surface area contributed by atoms with Crippen LogP contribution < -0.4 is 0 Å². The van der Waals surface area contributed by atoms with Crippen molar-refractivity contribution >= 4 is 33.6 Å². The number of unbranched alkanes of at least 4 members (excludes halogenated alkanes) is 31. The molecule has 592 valence electrons. The van der Waals surface area contributed by atoms with Gasteiger partial charge in [-0.2, -0.15) is 0 Å². The Morgan fingerprint density at radius 1 is 0.282 bits per heavy atom. The molecule has 0 radical (unpaired) electrons. The summed E-state index contributed by atoms with van der Waals surface area (Å²) in [5.41, 5.74) is 0. The van der Waals surface area contributed by atoms with Crippen LogP contribution in [-0.2, 0) is 55.8 Å². The van der Waals surface area contributed by atoms with Gasteiger partial charge >= 0.3 is 33.6 Å². The van der Waals surface area contributed by atoms with E-state index in [0.29, 0.717) is 19.3 Å². The number of hydrogen-bond acceptors (Lipinski definition) is 14. The predicted octanol–water partition coefficient (Wildman–Crippen LogP) is 23.9. The van der Waals surface area contributed by atoms with Crippen molar-refractivity contribution < 1.29 is 75.8 Å². The van der Waals surface area contributed by atoms with Gasteiger partial charge in [-0.25, -0.2) is 9.13 Å². The fraction of sp³-hybridized carbons (Fsp3) is 0.706. The standard InChI is InChI=1S/C85H146O16P2/c1-4-7-10-13-16-19-22-25-28-30-32-34-35-36-37-38-39-40-41-42-43-45-47-48-51-53-56-59-62-65-68-71-83(88)95-74-80(86)75-97-102(91,92)98-76-81(87)77-99-103(93,94)100-79-82(101-85(90)73-70-67-64-61-58-55-50-27-24-21-18-15-12-9-6-3)78-96-84(89)72-69-66-63-60-57-54-52-49-46-44-33-31-29-26-23-20-17-14-11-8-5-2/h7,10,16-21,25-29,32-34,36-37,44,49-50,52,80-82,86-87H,4-6,8-9,11-15,22-24,30-31,35,38-43,45-48,51,53-79H2,1-3H3,(H,91,92)(H,93,94)/b10-7-,19-16-,20-17-,21-18-,28-25-,29-26-,34-32-,37-36-,44-33-,50-27-,52-49-. The molecule has 0 fully saturated rings. The summed E-state index contributed by atoms with van der Waals surface area (Å²) in [5.74, 6) is -1.61. The third kappa shape index (κ3) is 78.6. The number of aliphatic hydroxyl groups excluding tert-OH is 2. The minimum atomic E-state index is -4.94. The normalized spacial score (nSPS) is 14.7. The van der Waals surface area contributed by atoms with Gasteiger partial charge in [0.2, 0.25) is 0 Å². The maximum absolute atomic E-state index is 13.0. The van der Waals surface area contributed by atoms with Crippen LogP contribution in [0.1, 0.15) is 329 Å². The molecule has 4 N–H and O–H groups in total. The number of ether oxygens (including phenoxy) is 3. The minimum Gasteiger partial charge on any atom is -0.463 e. The van der Waals surface area contributed by atoms with Crippen LogP contribution in [0.2, 0.25) is 0 Å². The smallest absolute Gasteiger partial charge is 0.463 e. The van der Waals surface area contributed by atoms with E-state index in [1.165, 1.54) is 122 Å². The molecule has 0 spiro atoms. The maximum Gasteiger partial charge on any atom is 0.472 e. The first-order chi connectivity index (χ1) is 50.2. The number of aliphatic hydroxyl groups is 2. The molecule has 0 saturated heterocycles. The van der Waals surface area contributed by atoms with Crippen LogP contribution in [0.25, 0.3) is 0 Å². The van der Waals surface area contributed by atoms with E-state index >= 15 is 0 Å². The number of carbonyl (C=O) groups is 3. The third-order valence-corrected chi connectivity index (χ3v) is 18.7. The summed E-state index contributed by atoms with van der Waals surface area (Å²) in [5, 5.41) is 20.6. The molecule has 0 rings (SSSR count). The molecule has 18 heteroatoms. The highest BCUT2D eigenvalue weighted by Crippen LogP contribution is 2.45. The number of hydrogen-bond donors (Lipinski definition) is 4. The number of esters is 3. The highest BCUT2D eigenvalue weighted by molar-refractivity contribution is 7.47. The second-order valence-corrected chi connectivity index (χ2v) is 29.7. The molecule has 5 unspecified atom stereocenters. The summed E-state index contributed by atoms with van der Waals surface area (Å²) < 4.78 is 61.1. The fourth-order valence-corrected chi connectivity index (χ4v) is 12.3. The van der Waals surface area contributed by atoms with Crippen LogP contribution in [0.15, 0.2) is 134 Å². The predicted molar refractivity (Wildman–Crippen MR) is 426 cm³/mol. The molecule has 0 aliphatic carbocycles. The highest BCUT2D eigenvalue weighted by atomic mass is 31.2.